The molecule has 112 valence electrons. The Morgan fingerprint density at radius 1 is 1.00 bits per heavy atom. The Kier molecular flexibility index (Phi) is 6.77. The minimum absolute atomic E-state index is 0.761. The van der Waals surface area contributed by atoms with Crippen LogP contribution in [0.2, 0.25) is 0 Å². The second kappa shape index (κ2) is 8.85. The Bertz CT molecular complexity index is 542. The Morgan fingerprint density at radius 2 is 1.81 bits per heavy atom. The number of rotatable bonds is 8. The van der Waals surface area contributed by atoms with Gasteiger partial charge in [0.05, 0.1) is 11.1 Å². The maximum absolute atomic E-state index is 5.84. The van der Waals surface area contributed by atoms with Crippen molar-refractivity contribution < 1.29 is 4.74 Å². The molecule has 0 heterocycles. The van der Waals surface area contributed by atoms with Crippen LogP contribution in [0, 0.1) is 0 Å². The lowest BCUT2D eigenvalue weighted by Crippen LogP contribution is -2.05. The highest BCUT2D eigenvalue weighted by molar-refractivity contribution is 9.10. The fourth-order valence-corrected chi connectivity index (χ4v) is 2.77. The molecule has 0 atom stereocenters. The number of aryl methyl sites for hydroxylation is 1. The monoisotopic (exact) mass is 347 g/mol. The van der Waals surface area contributed by atoms with E-state index in [-0.39, 0.29) is 0 Å². The minimum atomic E-state index is 0.761. The zero-order valence-corrected chi connectivity index (χ0v) is 14.0. The Balaban J connectivity index is 1.71. The van der Waals surface area contributed by atoms with Crippen LogP contribution in [0.25, 0.3) is 0 Å². The fourth-order valence-electron chi connectivity index (χ4n) is 2.23. The number of benzene rings is 2. The van der Waals surface area contributed by atoms with Crippen molar-refractivity contribution in [3.63, 3.8) is 0 Å². The Morgan fingerprint density at radius 3 is 2.52 bits per heavy atom. The van der Waals surface area contributed by atoms with Crippen LogP contribution in [-0.4, -0.2) is 13.7 Å². The van der Waals surface area contributed by atoms with Gasteiger partial charge >= 0.3 is 0 Å². The zero-order chi connectivity index (χ0) is 14.9. The molecular formula is C18H22BrNO. The highest BCUT2D eigenvalue weighted by Gasteiger charge is 2.02. The Hall–Kier alpha value is -1.32. The summed E-state index contributed by atoms with van der Waals surface area (Å²) in [4.78, 5) is 0. The molecule has 0 saturated heterocycles. The first-order valence-electron chi connectivity index (χ1n) is 7.39. The zero-order valence-electron chi connectivity index (χ0n) is 12.4. The highest BCUT2D eigenvalue weighted by atomic mass is 79.9. The van der Waals surface area contributed by atoms with E-state index < -0.39 is 0 Å². The third kappa shape index (κ3) is 5.52. The SMILES string of the molecule is CNCc1ccc(OCCCCc2ccccc2)c(Br)c1. The normalized spacial score (nSPS) is 10.6. The summed E-state index contributed by atoms with van der Waals surface area (Å²) in [6.07, 6.45) is 3.34. The van der Waals surface area contributed by atoms with Crippen molar-refractivity contribution in [2.75, 3.05) is 13.7 Å². The van der Waals surface area contributed by atoms with E-state index in [4.69, 9.17) is 4.74 Å². The van der Waals surface area contributed by atoms with Gasteiger partial charge in [0.15, 0.2) is 0 Å². The van der Waals surface area contributed by atoms with Gasteiger partial charge in [0.2, 0.25) is 0 Å². The molecule has 0 saturated carbocycles. The molecule has 0 unspecified atom stereocenters. The smallest absolute Gasteiger partial charge is 0.133 e. The van der Waals surface area contributed by atoms with Gasteiger partial charge in [-0.15, -0.1) is 0 Å². The number of unbranched alkanes of at least 4 members (excludes halogenated alkanes) is 1. The van der Waals surface area contributed by atoms with Gasteiger partial charge in [-0.3, -0.25) is 0 Å². The van der Waals surface area contributed by atoms with E-state index in [1.165, 1.54) is 11.1 Å². The fraction of sp³-hybridized carbons (Fsp3) is 0.333. The van der Waals surface area contributed by atoms with Crippen LogP contribution in [0.1, 0.15) is 24.0 Å². The summed E-state index contributed by atoms with van der Waals surface area (Å²) in [5, 5.41) is 3.14. The molecule has 0 aliphatic rings. The van der Waals surface area contributed by atoms with E-state index in [2.05, 4.69) is 63.7 Å². The molecule has 2 rings (SSSR count). The second-order valence-electron chi connectivity index (χ2n) is 5.09. The van der Waals surface area contributed by atoms with E-state index in [9.17, 15) is 0 Å². The van der Waals surface area contributed by atoms with Crippen molar-refractivity contribution in [1.82, 2.24) is 5.32 Å². The third-order valence-corrected chi connectivity index (χ3v) is 3.96. The first-order chi connectivity index (χ1) is 10.3. The van der Waals surface area contributed by atoms with E-state index >= 15 is 0 Å². The molecule has 2 nitrogen and oxygen atoms in total. The van der Waals surface area contributed by atoms with Crippen molar-refractivity contribution in [2.45, 2.75) is 25.8 Å². The predicted molar refractivity (Wildman–Crippen MR) is 91.8 cm³/mol. The molecule has 0 aliphatic carbocycles. The molecule has 0 bridgehead atoms. The molecule has 3 heteroatoms. The average Bonchev–Trinajstić information content (AvgIpc) is 2.50. The van der Waals surface area contributed by atoms with Crippen LogP contribution in [0.5, 0.6) is 5.75 Å². The van der Waals surface area contributed by atoms with Crippen LogP contribution in [-0.2, 0) is 13.0 Å². The lowest BCUT2D eigenvalue weighted by atomic mass is 10.1. The summed E-state index contributed by atoms with van der Waals surface area (Å²) in [5.74, 6) is 0.926. The molecule has 0 radical (unpaired) electrons. The predicted octanol–water partition coefficient (Wildman–Crippen LogP) is 4.57. The minimum Gasteiger partial charge on any atom is -0.492 e. The largest absolute Gasteiger partial charge is 0.492 e. The summed E-state index contributed by atoms with van der Waals surface area (Å²) < 4.78 is 6.87. The molecule has 21 heavy (non-hydrogen) atoms. The van der Waals surface area contributed by atoms with E-state index in [1.54, 1.807) is 0 Å². The van der Waals surface area contributed by atoms with Gasteiger partial charge in [0.25, 0.3) is 0 Å². The molecule has 2 aromatic carbocycles. The van der Waals surface area contributed by atoms with Crippen molar-refractivity contribution in [2.24, 2.45) is 0 Å². The first kappa shape index (κ1) is 16.1. The van der Waals surface area contributed by atoms with Crippen LogP contribution in [0.15, 0.2) is 53.0 Å². The molecular weight excluding hydrogens is 326 g/mol. The standard InChI is InChI=1S/C18H22BrNO/c1-20-14-16-10-11-18(17(19)13-16)21-12-6-5-9-15-7-3-2-4-8-15/h2-4,7-8,10-11,13,20H,5-6,9,12,14H2,1H3. The summed E-state index contributed by atoms with van der Waals surface area (Å²) >= 11 is 3.57. The maximum Gasteiger partial charge on any atom is 0.133 e. The van der Waals surface area contributed by atoms with Crippen molar-refractivity contribution in [3.05, 3.63) is 64.1 Å². The number of hydrogen-bond donors (Lipinski definition) is 1. The highest BCUT2D eigenvalue weighted by Crippen LogP contribution is 2.26. The first-order valence-corrected chi connectivity index (χ1v) is 8.18. The van der Waals surface area contributed by atoms with Crippen LogP contribution in [0.3, 0.4) is 0 Å². The third-order valence-electron chi connectivity index (χ3n) is 3.34. The second-order valence-corrected chi connectivity index (χ2v) is 5.94. The van der Waals surface area contributed by atoms with Gasteiger partial charge in [-0.2, -0.15) is 0 Å². The van der Waals surface area contributed by atoms with E-state index in [0.29, 0.717) is 0 Å². The van der Waals surface area contributed by atoms with E-state index in [0.717, 1.165) is 42.6 Å². The van der Waals surface area contributed by atoms with Gasteiger partial charge in [0, 0.05) is 6.54 Å². The molecule has 0 fully saturated rings. The molecule has 2 aromatic rings. The number of nitrogens with one attached hydrogen (secondary N) is 1. The summed E-state index contributed by atoms with van der Waals surface area (Å²) in [6.45, 7) is 1.63. The summed E-state index contributed by atoms with van der Waals surface area (Å²) in [5.41, 5.74) is 2.65. The molecule has 0 amide bonds. The molecule has 0 spiro atoms. The number of ether oxygens (including phenoxy) is 1. The lowest BCUT2D eigenvalue weighted by Gasteiger charge is -2.10. The van der Waals surface area contributed by atoms with Crippen LogP contribution in [0.4, 0.5) is 0 Å². The number of hydrogen-bond acceptors (Lipinski definition) is 2. The van der Waals surface area contributed by atoms with Gasteiger partial charge < -0.3 is 10.1 Å². The lowest BCUT2D eigenvalue weighted by molar-refractivity contribution is 0.305. The van der Waals surface area contributed by atoms with Crippen LogP contribution >= 0.6 is 15.9 Å². The Labute approximate surface area is 135 Å². The maximum atomic E-state index is 5.84. The van der Waals surface area contributed by atoms with Gasteiger partial charge in [-0.05, 0) is 65.5 Å². The summed E-state index contributed by atoms with van der Waals surface area (Å²) in [6, 6.07) is 16.8. The van der Waals surface area contributed by atoms with Gasteiger partial charge in [0.1, 0.15) is 5.75 Å². The molecule has 1 N–H and O–H groups in total. The number of halogens is 1. The van der Waals surface area contributed by atoms with Gasteiger partial charge in [-0.1, -0.05) is 36.4 Å². The quantitative estimate of drug-likeness (QED) is 0.706. The van der Waals surface area contributed by atoms with Crippen molar-refractivity contribution >= 4 is 15.9 Å². The van der Waals surface area contributed by atoms with Crippen molar-refractivity contribution in [3.8, 4) is 5.75 Å². The van der Waals surface area contributed by atoms with Crippen LogP contribution < -0.4 is 10.1 Å². The van der Waals surface area contributed by atoms with Gasteiger partial charge in [-0.25, -0.2) is 0 Å². The van der Waals surface area contributed by atoms with E-state index in [1.807, 2.05) is 13.1 Å². The van der Waals surface area contributed by atoms with Crippen molar-refractivity contribution in [1.29, 1.82) is 0 Å². The summed E-state index contributed by atoms with van der Waals surface area (Å²) in [7, 11) is 1.95. The average molecular weight is 348 g/mol. The molecule has 0 aliphatic heterocycles. The topological polar surface area (TPSA) is 21.3 Å². The molecule has 0 aromatic heterocycles.